The van der Waals surface area contributed by atoms with Crippen LogP contribution in [-0.4, -0.2) is 71.6 Å². The Morgan fingerprint density at radius 2 is 1.95 bits per heavy atom. The van der Waals surface area contributed by atoms with E-state index in [2.05, 4.69) is 28.8 Å². The molecule has 20 heavy (non-hydrogen) atoms. The van der Waals surface area contributed by atoms with Gasteiger partial charge in [0.2, 0.25) is 10.0 Å². The molecular formula is C13H29N3O3S. The maximum atomic E-state index is 11.8. The molecule has 0 spiro atoms. The van der Waals surface area contributed by atoms with Crippen LogP contribution in [0.4, 0.5) is 0 Å². The lowest BCUT2D eigenvalue weighted by molar-refractivity contribution is 0.128. The van der Waals surface area contributed by atoms with Crippen LogP contribution in [0.2, 0.25) is 0 Å². The van der Waals surface area contributed by atoms with Crippen molar-refractivity contribution in [3.8, 4) is 0 Å². The first-order valence-corrected chi connectivity index (χ1v) is 9.13. The van der Waals surface area contributed by atoms with Gasteiger partial charge in [0.05, 0.1) is 12.4 Å². The second-order valence-electron chi connectivity index (χ2n) is 5.60. The van der Waals surface area contributed by atoms with Gasteiger partial charge < -0.3 is 10.1 Å². The molecule has 1 aliphatic rings. The quantitative estimate of drug-likeness (QED) is 0.550. The largest absolute Gasteiger partial charge is 0.380 e. The molecule has 0 saturated carbocycles. The van der Waals surface area contributed by atoms with Crippen molar-refractivity contribution in [3.63, 3.8) is 0 Å². The van der Waals surface area contributed by atoms with Gasteiger partial charge in [-0.3, -0.25) is 4.90 Å². The molecule has 0 aromatic carbocycles. The van der Waals surface area contributed by atoms with E-state index in [1.807, 2.05) is 0 Å². The predicted octanol–water partition coefficient (Wildman–Crippen LogP) is -0.126. The fourth-order valence-corrected chi connectivity index (χ4v) is 2.98. The smallest absolute Gasteiger partial charge is 0.212 e. The van der Waals surface area contributed by atoms with Crippen LogP contribution >= 0.6 is 0 Å². The highest BCUT2D eigenvalue weighted by atomic mass is 32.2. The van der Waals surface area contributed by atoms with Crippen molar-refractivity contribution >= 4 is 10.0 Å². The van der Waals surface area contributed by atoms with Crippen LogP contribution in [-0.2, 0) is 14.8 Å². The fourth-order valence-electron chi connectivity index (χ4n) is 1.95. The van der Waals surface area contributed by atoms with Gasteiger partial charge in [-0.15, -0.1) is 0 Å². The average molecular weight is 307 g/mol. The van der Waals surface area contributed by atoms with Gasteiger partial charge >= 0.3 is 0 Å². The Morgan fingerprint density at radius 1 is 1.25 bits per heavy atom. The normalized spacial score (nSPS) is 17.8. The number of rotatable bonds is 10. The second kappa shape index (κ2) is 9.68. The molecule has 0 amide bonds. The van der Waals surface area contributed by atoms with Gasteiger partial charge in [0.1, 0.15) is 0 Å². The SMILES string of the molecule is CC(C)CCOCCNS(=O)(=O)CCN1CCNCC1. The molecule has 0 unspecified atom stereocenters. The minimum absolute atomic E-state index is 0.166. The minimum atomic E-state index is -3.18. The van der Waals surface area contributed by atoms with Crippen LogP contribution in [0.5, 0.6) is 0 Å². The first-order chi connectivity index (χ1) is 9.49. The zero-order chi connectivity index (χ0) is 14.8. The lowest BCUT2D eigenvalue weighted by atomic mass is 10.1. The summed E-state index contributed by atoms with van der Waals surface area (Å²) in [6.45, 7) is 10.1. The molecule has 0 bridgehead atoms. The summed E-state index contributed by atoms with van der Waals surface area (Å²) >= 11 is 0. The maximum absolute atomic E-state index is 11.8. The van der Waals surface area contributed by atoms with E-state index < -0.39 is 10.0 Å². The third-order valence-electron chi connectivity index (χ3n) is 3.29. The number of hydrogen-bond acceptors (Lipinski definition) is 5. The molecule has 0 radical (unpaired) electrons. The molecule has 6 nitrogen and oxygen atoms in total. The van der Waals surface area contributed by atoms with Crippen LogP contribution in [0.3, 0.4) is 0 Å². The van der Waals surface area contributed by atoms with E-state index in [9.17, 15) is 8.42 Å². The van der Waals surface area contributed by atoms with E-state index in [1.165, 1.54) is 0 Å². The number of nitrogens with zero attached hydrogens (tertiary/aromatic N) is 1. The summed E-state index contributed by atoms with van der Waals surface area (Å²) in [6.07, 6.45) is 1.01. The highest BCUT2D eigenvalue weighted by Gasteiger charge is 2.14. The molecular weight excluding hydrogens is 278 g/mol. The summed E-state index contributed by atoms with van der Waals surface area (Å²) in [5.41, 5.74) is 0. The van der Waals surface area contributed by atoms with E-state index in [-0.39, 0.29) is 5.75 Å². The van der Waals surface area contributed by atoms with Gasteiger partial charge in [0, 0.05) is 45.9 Å². The fraction of sp³-hybridized carbons (Fsp3) is 1.00. The van der Waals surface area contributed by atoms with Crippen LogP contribution in [0, 0.1) is 5.92 Å². The predicted molar refractivity (Wildman–Crippen MR) is 81.4 cm³/mol. The maximum Gasteiger partial charge on any atom is 0.212 e. The highest BCUT2D eigenvalue weighted by Crippen LogP contribution is 1.98. The number of ether oxygens (including phenoxy) is 1. The summed E-state index contributed by atoms with van der Waals surface area (Å²) < 4.78 is 31.6. The van der Waals surface area contributed by atoms with E-state index in [0.29, 0.717) is 32.2 Å². The molecule has 1 rings (SSSR count). The molecule has 2 N–H and O–H groups in total. The van der Waals surface area contributed by atoms with Crippen molar-refractivity contribution in [1.82, 2.24) is 14.9 Å². The third kappa shape index (κ3) is 8.86. The molecule has 1 fully saturated rings. The average Bonchev–Trinajstić information content (AvgIpc) is 2.41. The van der Waals surface area contributed by atoms with E-state index in [4.69, 9.17) is 4.74 Å². The molecule has 1 aliphatic heterocycles. The van der Waals surface area contributed by atoms with Crippen molar-refractivity contribution in [1.29, 1.82) is 0 Å². The first-order valence-electron chi connectivity index (χ1n) is 7.48. The molecule has 1 saturated heterocycles. The number of nitrogens with one attached hydrogen (secondary N) is 2. The second-order valence-corrected chi connectivity index (χ2v) is 7.53. The molecule has 120 valence electrons. The van der Waals surface area contributed by atoms with Gasteiger partial charge in [0.15, 0.2) is 0 Å². The van der Waals surface area contributed by atoms with Gasteiger partial charge in [-0.2, -0.15) is 0 Å². The summed E-state index contributed by atoms with van der Waals surface area (Å²) in [7, 11) is -3.18. The summed E-state index contributed by atoms with van der Waals surface area (Å²) in [5, 5.41) is 3.25. The molecule has 0 atom stereocenters. The molecule has 0 aromatic rings. The molecule has 7 heteroatoms. The van der Waals surface area contributed by atoms with Crippen LogP contribution < -0.4 is 10.0 Å². The zero-order valence-electron chi connectivity index (χ0n) is 12.7. The van der Waals surface area contributed by atoms with Crippen LogP contribution in [0.15, 0.2) is 0 Å². The molecule has 0 aromatic heterocycles. The van der Waals surface area contributed by atoms with Gasteiger partial charge in [-0.05, 0) is 12.3 Å². The summed E-state index contributed by atoms with van der Waals surface area (Å²) in [5.74, 6) is 0.782. The summed E-state index contributed by atoms with van der Waals surface area (Å²) in [6, 6.07) is 0. The lowest BCUT2D eigenvalue weighted by Crippen LogP contribution is -2.46. The number of sulfonamides is 1. The van der Waals surface area contributed by atoms with Crippen LogP contribution in [0.1, 0.15) is 20.3 Å². The number of hydrogen-bond donors (Lipinski definition) is 2. The summed E-state index contributed by atoms with van der Waals surface area (Å²) in [4.78, 5) is 2.18. The Bertz CT molecular complexity index is 341. The monoisotopic (exact) mass is 307 g/mol. The van der Waals surface area contributed by atoms with Crippen molar-refractivity contribution in [3.05, 3.63) is 0 Å². The van der Waals surface area contributed by atoms with E-state index in [1.54, 1.807) is 0 Å². The Balaban J connectivity index is 2.05. The molecule has 1 heterocycles. The van der Waals surface area contributed by atoms with Crippen molar-refractivity contribution in [2.75, 3.05) is 58.2 Å². The Hall–Kier alpha value is -0.210. The van der Waals surface area contributed by atoms with Gasteiger partial charge in [-0.1, -0.05) is 13.8 Å². The Kier molecular flexibility index (Phi) is 8.63. The topological polar surface area (TPSA) is 70.7 Å². The van der Waals surface area contributed by atoms with Crippen LogP contribution in [0.25, 0.3) is 0 Å². The Labute approximate surface area is 123 Å². The lowest BCUT2D eigenvalue weighted by Gasteiger charge is -2.26. The molecule has 0 aliphatic carbocycles. The third-order valence-corrected chi connectivity index (χ3v) is 4.66. The highest BCUT2D eigenvalue weighted by molar-refractivity contribution is 7.89. The van der Waals surface area contributed by atoms with Crippen molar-refractivity contribution < 1.29 is 13.2 Å². The van der Waals surface area contributed by atoms with E-state index in [0.717, 1.165) is 32.6 Å². The zero-order valence-corrected chi connectivity index (χ0v) is 13.5. The number of piperazine rings is 1. The standard InChI is InChI=1S/C13H29N3O3S/c1-13(2)3-10-19-11-6-15-20(17,18)12-9-16-7-4-14-5-8-16/h13-15H,3-12H2,1-2H3. The van der Waals surface area contributed by atoms with Crippen molar-refractivity contribution in [2.24, 2.45) is 5.92 Å². The van der Waals surface area contributed by atoms with Crippen molar-refractivity contribution in [2.45, 2.75) is 20.3 Å². The van der Waals surface area contributed by atoms with Gasteiger partial charge in [-0.25, -0.2) is 13.1 Å². The Morgan fingerprint density at radius 3 is 2.60 bits per heavy atom. The first kappa shape index (κ1) is 17.8. The van der Waals surface area contributed by atoms with Gasteiger partial charge in [0.25, 0.3) is 0 Å². The van der Waals surface area contributed by atoms with E-state index >= 15 is 0 Å². The minimum Gasteiger partial charge on any atom is -0.380 e.